The standard InChI is InChI=1S/C18H17N3OS/c1-21-12-11-19-18(21)23-13-17(22)20-16-10-6-5-9-15(16)14-7-3-2-4-8-14/h2-12H,13H2,1H3,(H,20,22). The van der Waals surface area contributed by atoms with Gasteiger partial charge in [0.2, 0.25) is 5.91 Å². The highest BCUT2D eigenvalue weighted by atomic mass is 32.2. The molecule has 0 atom stereocenters. The van der Waals surface area contributed by atoms with Crippen molar-refractivity contribution < 1.29 is 4.79 Å². The molecule has 0 aliphatic heterocycles. The van der Waals surface area contributed by atoms with E-state index >= 15 is 0 Å². The van der Waals surface area contributed by atoms with Crippen molar-refractivity contribution in [2.45, 2.75) is 5.16 Å². The predicted octanol–water partition coefficient (Wildman–Crippen LogP) is 3.82. The monoisotopic (exact) mass is 323 g/mol. The molecule has 3 aromatic rings. The summed E-state index contributed by atoms with van der Waals surface area (Å²) in [6.45, 7) is 0. The number of carbonyl (C=O) groups is 1. The zero-order chi connectivity index (χ0) is 16.1. The Bertz CT molecular complexity index is 799. The fourth-order valence-electron chi connectivity index (χ4n) is 2.27. The second kappa shape index (κ2) is 7.15. The maximum absolute atomic E-state index is 12.2. The zero-order valence-corrected chi connectivity index (χ0v) is 13.6. The van der Waals surface area contributed by atoms with Crippen LogP contribution in [-0.2, 0) is 11.8 Å². The molecule has 1 aromatic heterocycles. The molecule has 1 heterocycles. The molecule has 0 fully saturated rings. The van der Waals surface area contributed by atoms with E-state index in [2.05, 4.69) is 10.3 Å². The second-order valence-corrected chi connectivity index (χ2v) is 6.01. The lowest BCUT2D eigenvalue weighted by atomic mass is 10.0. The molecule has 0 spiro atoms. The Morgan fingerprint density at radius 1 is 1.13 bits per heavy atom. The van der Waals surface area contributed by atoms with Gasteiger partial charge in [-0.3, -0.25) is 4.79 Å². The van der Waals surface area contributed by atoms with Crippen LogP contribution in [0, 0.1) is 0 Å². The molecule has 0 bridgehead atoms. The fourth-order valence-corrected chi connectivity index (χ4v) is 3.00. The van der Waals surface area contributed by atoms with Gasteiger partial charge in [-0.25, -0.2) is 4.98 Å². The topological polar surface area (TPSA) is 46.9 Å². The van der Waals surface area contributed by atoms with E-state index in [9.17, 15) is 4.79 Å². The van der Waals surface area contributed by atoms with Crippen LogP contribution in [0.25, 0.3) is 11.1 Å². The molecule has 0 unspecified atom stereocenters. The zero-order valence-electron chi connectivity index (χ0n) is 12.8. The molecule has 116 valence electrons. The van der Waals surface area contributed by atoms with Gasteiger partial charge in [0.15, 0.2) is 5.16 Å². The van der Waals surface area contributed by atoms with Crippen molar-refractivity contribution in [1.82, 2.24) is 9.55 Å². The van der Waals surface area contributed by atoms with Crippen molar-refractivity contribution in [2.75, 3.05) is 11.1 Å². The van der Waals surface area contributed by atoms with E-state index in [1.165, 1.54) is 11.8 Å². The third-order valence-electron chi connectivity index (χ3n) is 3.40. The molecule has 0 aliphatic rings. The summed E-state index contributed by atoms with van der Waals surface area (Å²) < 4.78 is 1.90. The summed E-state index contributed by atoms with van der Waals surface area (Å²) in [6.07, 6.45) is 3.59. The molecule has 0 aliphatic carbocycles. The normalized spacial score (nSPS) is 10.5. The Kier molecular flexibility index (Phi) is 4.78. The smallest absolute Gasteiger partial charge is 0.234 e. The van der Waals surface area contributed by atoms with Gasteiger partial charge in [0.05, 0.1) is 5.75 Å². The van der Waals surface area contributed by atoms with Crippen LogP contribution in [0.4, 0.5) is 5.69 Å². The lowest BCUT2D eigenvalue weighted by Crippen LogP contribution is -2.15. The quantitative estimate of drug-likeness (QED) is 0.726. The maximum Gasteiger partial charge on any atom is 0.234 e. The number of imidazole rings is 1. The molecule has 3 rings (SSSR count). The number of rotatable bonds is 5. The number of amides is 1. The van der Waals surface area contributed by atoms with E-state index in [0.717, 1.165) is 22.0 Å². The van der Waals surface area contributed by atoms with Gasteiger partial charge in [-0.15, -0.1) is 0 Å². The molecule has 0 radical (unpaired) electrons. The van der Waals surface area contributed by atoms with Crippen molar-refractivity contribution in [1.29, 1.82) is 0 Å². The van der Waals surface area contributed by atoms with Crippen molar-refractivity contribution in [3.8, 4) is 11.1 Å². The van der Waals surface area contributed by atoms with Crippen LogP contribution in [0.15, 0.2) is 72.1 Å². The molecular formula is C18H17N3OS. The first-order valence-electron chi connectivity index (χ1n) is 7.28. The van der Waals surface area contributed by atoms with Crippen LogP contribution >= 0.6 is 11.8 Å². The van der Waals surface area contributed by atoms with Gasteiger partial charge in [0.1, 0.15) is 0 Å². The summed E-state index contributed by atoms with van der Waals surface area (Å²) in [4.78, 5) is 16.4. The van der Waals surface area contributed by atoms with Gasteiger partial charge in [0.25, 0.3) is 0 Å². The number of para-hydroxylation sites is 1. The van der Waals surface area contributed by atoms with Gasteiger partial charge in [-0.05, 0) is 11.6 Å². The fraction of sp³-hybridized carbons (Fsp3) is 0.111. The summed E-state index contributed by atoms with van der Waals surface area (Å²) in [5.41, 5.74) is 2.92. The van der Waals surface area contributed by atoms with Crippen molar-refractivity contribution >= 4 is 23.4 Å². The molecule has 4 nitrogen and oxygen atoms in total. The highest BCUT2D eigenvalue weighted by molar-refractivity contribution is 7.99. The number of benzene rings is 2. The first-order valence-corrected chi connectivity index (χ1v) is 8.27. The minimum absolute atomic E-state index is 0.0404. The number of carbonyl (C=O) groups excluding carboxylic acids is 1. The predicted molar refractivity (Wildman–Crippen MR) is 94.4 cm³/mol. The number of anilines is 1. The van der Waals surface area contributed by atoms with Crippen molar-refractivity contribution in [3.05, 3.63) is 67.0 Å². The Labute approximate surface area is 139 Å². The molecule has 1 amide bonds. The number of nitrogens with zero attached hydrogens (tertiary/aromatic N) is 2. The number of aryl methyl sites for hydroxylation is 1. The molecule has 1 N–H and O–H groups in total. The van der Waals surface area contributed by atoms with Crippen molar-refractivity contribution in [3.63, 3.8) is 0 Å². The lowest BCUT2D eigenvalue weighted by molar-refractivity contribution is -0.113. The first kappa shape index (κ1) is 15.4. The van der Waals surface area contributed by atoms with Gasteiger partial charge in [0, 0.05) is 30.7 Å². The highest BCUT2D eigenvalue weighted by Gasteiger charge is 2.10. The molecular weight excluding hydrogens is 306 g/mol. The Morgan fingerprint density at radius 3 is 2.61 bits per heavy atom. The molecule has 0 saturated heterocycles. The summed E-state index contributed by atoms with van der Waals surface area (Å²) in [5, 5.41) is 3.82. The highest BCUT2D eigenvalue weighted by Crippen LogP contribution is 2.27. The van der Waals surface area contributed by atoms with Crippen molar-refractivity contribution in [2.24, 2.45) is 7.05 Å². The van der Waals surface area contributed by atoms with Crippen LogP contribution in [-0.4, -0.2) is 21.2 Å². The summed E-state index contributed by atoms with van der Waals surface area (Å²) in [5.74, 6) is 0.287. The largest absolute Gasteiger partial charge is 0.329 e. The lowest BCUT2D eigenvalue weighted by Gasteiger charge is -2.11. The number of nitrogens with one attached hydrogen (secondary N) is 1. The summed E-state index contributed by atoms with van der Waals surface area (Å²) in [7, 11) is 1.91. The molecule has 0 saturated carbocycles. The van der Waals surface area contributed by atoms with E-state index in [0.29, 0.717) is 5.75 Å². The number of hydrogen-bond acceptors (Lipinski definition) is 3. The summed E-state index contributed by atoms with van der Waals surface area (Å²) >= 11 is 1.42. The van der Waals surface area contributed by atoms with E-state index in [-0.39, 0.29) is 5.91 Å². The van der Waals surface area contributed by atoms with Crippen LogP contribution in [0.1, 0.15) is 0 Å². The number of thioether (sulfide) groups is 1. The van der Waals surface area contributed by atoms with Gasteiger partial charge in [-0.1, -0.05) is 60.3 Å². The molecule has 5 heteroatoms. The van der Waals surface area contributed by atoms with Crippen LogP contribution in [0.2, 0.25) is 0 Å². The Hall–Kier alpha value is -2.53. The van der Waals surface area contributed by atoms with Gasteiger partial charge >= 0.3 is 0 Å². The number of hydrogen-bond donors (Lipinski definition) is 1. The average molecular weight is 323 g/mol. The minimum Gasteiger partial charge on any atom is -0.329 e. The Morgan fingerprint density at radius 2 is 1.87 bits per heavy atom. The van der Waals surface area contributed by atoms with E-state index in [4.69, 9.17) is 0 Å². The average Bonchev–Trinajstić information content (AvgIpc) is 2.99. The van der Waals surface area contributed by atoms with Gasteiger partial charge < -0.3 is 9.88 Å². The Balaban J connectivity index is 1.71. The molecule has 23 heavy (non-hydrogen) atoms. The van der Waals surface area contributed by atoms with E-state index in [1.807, 2.05) is 72.4 Å². The van der Waals surface area contributed by atoms with E-state index < -0.39 is 0 Å². The summed E-state index contributed by atoms with van der Waals surface area (Å²) in [6, 6.07) is 17.9. The van der Waals surface area contributed by atoms with Crippen LogP contribution in [0.3, 0.4) is 0 Å². The van der Waals surface area contributed by atoms with E-state index in [1.54, 1.807) is 6.20 Å². The maximum atomic E-state index is 12.2. The van der Waals surface area contributed by atoms with Crippen LogP contribution < -0.4 is 5.32 Å². The third kappa shape index (κ3) is 3.81. The van der Waals surface area contributed by atoms with Crippen LogP contribution in [0.5, 0.6) is 0 Å². The third-order valence-corrected chi connectivity index (χ3v) is 4.45. The first-order chi connectivity index (χ1) is 11.2. The van der Waals surface area contributed by atoms with Gasteiger partial charge in [-0.2, -0.15) is 0 Å². The molecule has 2 aromatic carbocycles. The minimum atomic E-state index is -0.0404. The SMILES string of the molecule is Cn1ccnc1SCC(=O)Nc1ccccc1-c1ccccc1. The second-order valence-electron chi connectivity index (χ2n) is 5.07. The number of aromatic nitrogens is 2.